The summed E-state index contributed by atoms with van der Waals surface area (Å²) in [6, 6.07) is 4.54. The Hall–Kier alpha value is -0.970. The summed E-state index contributed by atoms with van der Waals surface area (Å²) in [5.74, 6) is -0.293. The number of rotatable bonds is 3. The van der Waals surface area contributed by atoms with Crippen LogP contribution in [0, 0.1) is 12.7 Å². The predicted octanol–water partition coefficient (Wildman–Crippen LogP) is 4.80. The van der Waals surface area contributed by atoms with Crippen molar-refractivity contribution in [2.45, 2.75) is 39.8 Å². The second kappa shape index (κ2) is 5.80. The summed E-state index contributed by atoms with van der Waals surface area (Å²) in [5, 5.41) is 4.61. The van der Waals surface area contributed by atoms with Gasteiger partial charge in [0, 0.05) is 27.5 Å². The van der Waals surface area contributed by atoms with Crippen molar-refractivity contribution in [2.75, 3.05) is 0 Å². The van der Waals surface area contributed by atoms with Crippen LogP contribution in [0.15, 0.2) is 18.2 Å². The predicted molar refractivity (Wildman–Crippen MR) is 83.8 cm³/mol. The summed E-state index contributed by atoms with van der Waals surface area (Å²) >= 11 is 7.44. The van der Waals surface area contributed by atoms with Gasteiger partial charge in [0.15, 0.2) is 0 Å². The Kier molecular flexibility index (Phi) is 4.47. The minimum Gasteiger partial charge on any atom is -0.307 e. The molecule has 0 aliphatic rings. The zero-order valence-electron chi connectivity index (χ0n) is 12.1. The molecule has 0 saturated heterocycles. The summed E-state index contributed by atoms with van der Waals surface area (Å²) < 4.78 is 13.9. The van der Waals surface area contributed by atoms with Gasteiger partial charge < -0.3 is 5.32 Å². The smallest absolute Gasteiger partial charge is 0.133 e. The van der Waals surface area contributed by atoms with E-state index in [1.54, 1.807) is 12.1 Å². The third-order valence-corrected chi connectivity index (χ3v) is 4.26. The maximum absolute atomic E-state index is 13.9. The van der Waals surface area contributed by atoms with E-state index in [-0.39, 0.29) is 11.4 Å². The van der Waals surface area contributed by atoms with Crippen LogP contribution in [0.3, 0.4) is 0 Å². The molecule has 0 radical (unpaired) electrons. The molecule has 0 aliphatic heterocycles. The molecule has 0 amide bonds. The minimum absolute atomic E-state index is 0.0396. The number of nitrogens with one attached hydrogen (secondary N) is 1. The lowest BCUT2D eigenvalue weighted by Crippen LogP contribution is -2.34. The molecule has 0 saturated carbocycles. The van der Waals surface area contributed by atoms with Crippen molar-refractivity contribution in [1.29, 1.82) is 0 Å². The molecule has 2 rings (SSSR count). The van der Waals surface area contributed by atoms with Crippen LogP contribution >= 0.6 is 22.9 Å². The number of benzene rings is 1. The van der Waals surface area contributed by atoms with Gasteiger partial charge in [0.25, 0.3) is 0 Å². The lowest BCUT2D eigenvalue weighted by atomic mass is 10.1. The molecule has 1 N–H and O–H groups in total. The molecule has 2 nitrogen and oxygen atoms in total. The van der Waals surface area contributed by atoms with Crippen molar-refractivity contribution in [1.82, 2.24) is 10.3 Å². The Bertz CT molecular complexity index is 617. The van der Waals surface area contributed by atoms with Crippen molar-refractivity contribution < 1.29 is 4.39 Å². The molecule has 5 heteroatoms. The standard InChI is InChI=1S/C15H18ClFN2S/c1-9-13(8-18-15(2,3)4)20-14(19-9)11-7-10(16)5-6-12(11)17/h5-7,18H,8H2,1-4H3. The first-order valence-electron chi connectivity index (χ1n) is 6.43. The number of aromatic nitrogens is 1. The monoisotopic (exact) mass is 312 g/mol. The van der Waals surface area contributed by atoms with Gasteiger partial charge in [-0.05, 0) is 45.9 Å². The van der Waals surface area contributed by atoms with E-state index in [9.17, 15) is 4.39 Å². The number of hydrogen-bond donors (Lipinski definition) is 1. The number of halogens is 2. The van der Waals surface area contributed by atoms with Crippen LogP contribution in [-0.2, 0) is 6.54 Å². The molecule has 1 heterocycles. The summed E-state index contributed by atoms with van der Waals surface area (Å²) in [6.45, 7) is 9.01. The third-order valence-electron chi connectivity index (χ3n) is 2.83. The first kappa shape index (κ1) is 15.4. The average molecular weight is 313 g/mol. The maximum atomic E-state index is 13.9. The lowest BCUT2D eigenvalue weighted by molar-refractivity contribution is 0.425. The zero-order chi connectivity index (χ0) is 14.9. The van der Waals surface area contributed by atoms with Crippen LogP contribution in [0.1, 0.15) is 31.3 Å². The average Bonchev–Trinajstić information content (AvgIpc) is 2.70. The molecular formula is C15H18ClFN2S. The summed E-state index contributed by atoms with van der Waals surface area (Å²) in [6.07, 6.45) is 0. The molecule has 108 valence electrons. The third kappa shape index (κ3) is 3.78. The van der Waals surface area contributed by atoms with E-state index >= 15 is 0 Å². The highest BCUT2D eigenvalue weighted by molar-refractivity contribution is 7.15. The molecule has 1 aromatic carbocycles. The van der Waals surface area contributed by atoms with E-state index in [0.717, 1.165) is 17.1 Å². The molecule has 20 heavy (non-hydrogen) atoms. The largest absolute Gasteiger partial charge is 0.307 e. The highest BCUT2D eigenvalue weighted by Crippen LogP contribution is 2.31. The van der Waals surface area contributed by atoms with Crippen LogP contribution < -0.4 is 5.32 Å². The van der Waals surface area contributed by atoms with Gasteiger partial charge in [0.05, 0.1) is 5.69 Å². The van der Waals surface area contributed by atoms with Crippen LogP contribution in [-0.4, -0.2) is 10.5 Å². The first-order chi connectivity index (χ1) is 9.26. The van der Waals surface area contributed by atoms with E-state index in [0.29, 0.717) is 15.6 Å². The van der Waals surface area contributed by atoms with E-state index in [4.69, 9.17) is 11.6 Å². The molecule has 0 aliphatic carbocycles. The normalized spacial score (nSPS) is 11.9. The summed E-state index contributed by atoms with van der Waals surface area (Å²) in [5.41, 5.74) is 1.44. The lowest BCUT2D eigenvalue weighted by Gasteiger charge is -2.19. The summed E-state index contributed by atoms with van der Waals surface area (Å²) in [4.78, 5) is 5.58. The van der Waals surface area contributed by atoms with Gasteiger partial charge in [0.1, 0.15) is 10.8 Å². The van der Waals surface area contributed by atoms with Gasteiger partial charge in [0.2, 0.25) is 0 Å². The minimum atomic E-state index is -0.293. The van der Waals surface area contributed by atoms with Crippen LogP contribution in [0.4, 0.5) is 4.39 Å². The molecule has 2 aromatic rings. The Morgan fingerprint density at radius 2 is 2.05 bits per heavy atom. The Morgan fingerprint density at radius 1 is 1.35 bits per heavy atom. The second-order valence-electron chi connectivity index (χ2n) is 5.76. The Balaban J connectivity index is 2.29. The topological polar surface area (TPSA) is 24.9 Å². The van der Waals surface area contributed by atoms with Gasteiger partial charge in [-0.2, -0.15) is 0 Å². The first-order valence-corrected chi connectivity index (χ1v) is 7.62. The van der Waals surface area contributed by atoms with Crippen molar-refractivity contribution >= 4 is 22.9 Å². The Morgan fingerprint density at radius 3 is 2.70 bits per heavy atom. The maximum Gasteiger partial charge on any atom is 0.133 e. The van der Waals surface area contributed by atoms with Gasteiger partial charge in [-0.15, -0.1) is 11.3 Å². The van der Waals surface area contributed by atoms with E-state index in [2.05, 4.69) is 31.1 Å². The number of hydrogen-bond acceptors (Lipinski definition) is 3. The van der Waals surface area contributed by atoms with E-state index in [1.807, 2.05) is 6.92 Å². The Labute approximate surface area is 128 Å². The molecule has 0 fully saturated rings. The van der Waals surface area contributed by atoms with Gasteiger partial charge in [-0.1, -0.05) is 11.6 Å². The van der Waals surface area contributed by atoms with E-state index < -0.39 is 0 Å². The molecule has 1 aromatic heterocycles. The SMILES string of the molecule is Cc1nc(-c2cc(Cl)ccc2F)sc1CNC(C)(C)C. The quantitative estimate of drug-likeness (QED) is 0.880. The van der Waals surface area contributed by atoms with Crippen molar-refractivity contribution in [2.24, 2.45) is 0 Å². The van der Waals surface area contributed by atoms with Crippen LogP contribution in [0.2, 0.25) is 5.02 Å². The molecule has 0 atom stereocenters. The molecular weight excluding hydrogens is 295 g/mol. The second-order valence-corrected chi connectivity index (χ2v) is 7.28. The van der Waals surface area contributed by atoms with Crippen LogP contribution in [0.5, 0.6) is 0 Å². The van der Waals surface area contributed by atoms with Crippen LogP contribution in [0.25, 0.3) is 10.6 Å². The van der Waals surface area contributed by atoms with Gasteiger partial charge in [-0.25, -0.2) is 9.37 Å². The van der Waals surface area contributed by atoms with Crippen molar-refractivity contribution in [3.8, 4) is 10.6 Å². The molecule has 0 unspecified atom stereocenters. The van der Waals surface area contributed by atoms with E-state index in [1.165, 1.54) is 17.4 Å². The fraction of sp³-hybridized carbons (Fsp3) is 0.400. The number of nitrogens with zero attached hydrogens (tertiary/aromatic N) is 1. The highest BCUT2D eigenvalue weighted by atomic mass is 35.5. The van der Waals surface area contributed by atoms with Crippen molar-refractivity contribution in [3.63, 3.8) is 0 Å². The molecule has 0 spiro atoms. The fourth-order valence-electron chi connectivity index (χ4n) is 1.71. The molecule has 0 bridgehead atoms. The zero-order valence-corrected chi connectivity index (χ0v) is 13.6. The highest BCUT2D eigenvalue weighted by Gasteiger charge is 2.15. The van der Waals surface area contributed by atoms with Gasteiger partial charge in [-0.3, -0.25) is 0 Å². The summed E-state index contributed by atoms with van der Waals surface area (Å²) in [7, 11) is 0. The number of thiazole rings is 1. The van der Waals surface area contributed by atoms with Crippen molar-refractivity contribution in [3.05, 3.63) is 39.6 Å². The number of aryl methyl sites for hydroxylation is 1. The fourth-order valence-corrected chi connectivity index (χ4v) is 2.91. The van der Waals surface area contributed by atoms with Gasteiger partial charge >= 0.3 is 0 Å².